The Labute approximate surface area is 143 Å². The third-order valence-electron chi connectivity index (χ3n) is 4.96. The Morgan fingerprint density at radius 1 is 1.12 bits per heavy atom. The number of anilines is 1. The number of hydrogen-bond acceptors (Lipinski definition) is 3. The zero-order valence-corrected chi connectivity index (χ0v) is 14.3. The number of hydrogen-bond donors (Lipinski definition) is 2. The number of methoxy groups -OCH3 is 1. The summed E-state index contributed by atoms with van der Waals surface area (Å²) in [5.74, 6) is 0.766. The van der Waals surface area contributed by atoms with Gasteiger partial charge < -0.3 is 15.8 Å². The Morgan fingerprint density at radius 2 is 1.79 bits per heavy atom. The van der Waals surface area contributed by atoms with E-state index in [1.165, 1.54) is 0 Å². The lowest BCUT2D eigenvalue weighted by Crippen LogP contribution is -2.44. The maximum absolute atomic E-state index is 12.9. The van der Waals surface area contributed by atoms with Crippen molar-refractivity contribution in [1.29, 1.82) is 0 Å². The number of aryl methyl sites for hydroxylation is 1. The van der Waals surface area contributed by atoms with Crippen LogP contribution in [0.25, 0.3) is 0 Å². The van der Waals surface area contributed by atoms with E-state index in [1.807, 2.05) is 31.2 Å². The normalized spacial score (nSPS) is 15.9. The lowest BCUT2D eigenvalue weighted by molar-refractivity contribution is 0.0897. The van der Waals surface area contributed by atoms with Gasteiger partial charge in [0.1, 0.15) is 5.75 Å². The van der Waals surface area contributed by atoms with Crippen LogP contribution in [0.4, 0.5) is 5.69 Å². The molecule has 1 aliphatic carbocycles. The number of nitrogen functional groups attached to an aromatic ring is 1. The van der Waals surface area contributed by atoms with Crippen molar-refractivity contribution in [2.45, 2.75) is 38.1 Å². The van der Waals surface area contributed by atoms with Crippen molar-refractivity contribution in [3.05, 3.63) is 59.2 Å². The highest BCUT2D eigenvalue weighted by molar-refractivity contribution is 5.97. The summed E-state index contributed by atoms with van der Waals surface area (Å²) in [6.45, 7) is 1.93. The predicted octanol–water partition coefficient (Wildman–Crippen LogP) is 3.79. The number of benzene rings is 2. The molecule has 2 aromatic carbocycles. The summed E-state index contributed by atoms with van der Waals surface area (Å²) in [6.07, 6.45) is 4.13. The first-order valence-corrected chi connectivity index (χ1v) is 8.37. The topological polar surface area (TPSA) is 64.3 Å². The average molecular weight is 324 g/mol. The molecule has 3 N–H and O–H groups in total. The molecular weight excluding hydrogens is 300 g/mol. The van der Waals surface area contributed by atoms with Crippen LogP contribution < -0.4 is 15.8 Å². The van der Waals surface area contributed by atoms with E-state index in [2.05, 4.69) is 17.4 Å². The minimum atomic E-state index is -0.305. The number of carbonyl (C=O) groups excluding carboxylic acids is 1. The van der Waals surface area contributed by atoms with Crippen molar-refractivity contribution in [2.24, 2.45) is 0 Å². The second kappa shape index (κ2) is 6.56. The van der Waals surface area contributed by atoms with Gasteiger partial charge in [0.2, 0.25) is 0 Å². The van der Waals surface area contributed by atoms with Gasteiger partial charge in [0.15, 0.2) is 0 Å². The summed E-state index contributed by atoms with van der Waals surface area (Å²) in [5.41, 5.74) is 8.88. The summed E-state index contributed by atoms with van der Waals surface area (Å²) in [7, 11) is 1.66. The molecule has 4 heteroatoms. The van der Waals surface area contributed by atoms with Gasteiger partial charge in [0.25, 0.3) is 5.91 Å². The lowest BCUT2D eigenvalue weighted by atomic mass is 9.87. The summed E-state index contributed by atoms with van der Waals surface area (Å²) in [5, 5.41) is 3.30. The van der Waals surface area contributed by atoms with Gasteiger partial charge in [-0.05, 0) is 55.2 Å². The number of carbonyl (C=O) groups is 1. The van der Waals surface area contributed by atoms with Crippen LogP contribution in [0.15, 0.2) is 42.5 Å². The van der Waals surface area contributed by atoms with Crippen LogP contribution in [0, 0.1) is 6.92 Å². The molecule has 0 heterocycles. The third-order valence-corrected chi connectivity index (χ3v) is 4.96. The summed E-state index contributed by atoms with van der Waals surface area (Å²) in [6, 6.07) is 13.5. The molecule has 4 nitrogen and oxygen atoms in total. The third kappa shape index (κ3) is 3.09. The molecule has 0 unspecified atom stereocenters. The summed E-state index contributed by atoms with van der Waals surface area (Å²) >= 11 is 0. The average Bonchev–Trinajstić information content (AvgIpc) is 3.06. The van der Waals surface area contributed by atoms with Gasteiger partial charge in [-0.1, -0.05) is 31.0 Å². The van der Waals surface area contributed by atoms with E-state index >= 15 is 0 Å². The molecule has 0 saturated heterocycles. The van der Waals surface area contributed by atoms with Gasteiger partial charge in [-0.25, -0.2) is 0 Å². The van der Waals surface area contributed by atoms with Crippen molar-refractivity contribution < 1.29 is 9.53 Å². The van der Waals surface area contributed by atoms with Crippen molar-refractivity contribution in [2.75, 3.05) is 12.8 Å². The fourth-order valence-electron chi connectivity index (χ4n) is 3.54. The standard InChI is InChI=1S/C20H24N2O2/c1-14-5-8-16(21)13-18(14)19(23)22-20(11-3-4-12-20)15-6-9-17(24-2)10-7-15/h5-10,13H,3-4,11-12,21H2,1-2H3,(H,22,23). The minimum Gasteiger partial charge on any atom is -0.497 e. The van der Waals surface area contributed by atoms with Crippen LogP contribution in [-0.4, -0.2) is 13.0 Å². The quantitative estimate of drug-likeness (QED) is 0.841. The van der Waals surface area contributed by atoms with Gasteiger partial charge in [-0.3, -0.25) is 4.79 Å². The SMILES string of the molecule is COc1ccc(C2(NC(=O)c3cc(N)ccc3C)CCCC2)cc1. The first-order valence-electron chi connectivity index (χ1n) is 8.37. The van der Waals surface area contributed by atoms with Crippen molar-refractivity contribution in [1.82, 2.24) is 5.32 Å². The Kier molecular flexibility index (Phi) is 4.47. The molecule has 126 valence electrons. The van der Waals surface area contributed by atoms with Gasteiger partial charge in [0.05, 0.1) is 12.6 Å². The van der Waals surface area contributed by atoms with Crippen molar-refractivity contribution in [3.8, 4) is 5.75 Å². The first kappa shape index (κ1) is 16.4. The molecule has 0 aromatic heterocycles. The Hall–Kier alpha value is -2.49. The second-order valence-corrected chi connectivity index (χ2v) is 6.55. The fourth-order valence-corrected chi connectivity index (χ4v) is 3.54. The van der Waals surface area contributed by atoms with Crippen LogP contribution in [0.2, 0.25) is 0 Å². The Bertz CT molecular complexity index is 732. The van der Waals surface area contributed by atoms with Crippen LogP contribution in [0.3, 0.4) is 0 Å². The van der Waals surface area contributed by atoms with Crippen molar-refractivity contribution in [3.63, 3.8) is 0 Å². The van der Waals surface area contributed by atoms with Crippen LogP contribution in [-0.2, 0) is 5.54 Å². The van der Waals surface area contributed by atoms with E-state index in [9.17, 15) is 4.79 Å². The fraction of sp³-hybridized carbons (Fsp3) is 0.350. The van der Waals surface area contributed by atoms with Crippen LogP contribution >= 0.6 is 0 Å². The number of nitrogens with one attached hydrogen (secondary N) is 1. The van der Waals surface area contributed by atoms with Crippen LogP contribution in [0.1, 0.15) is 47.2 Å². The van der Waals surface area contributed by atoms with Gasteiger partial charge >= 0.3 is 0 Å². The largest absolute Gasteiger partial charge is 0.497 e. The van der Waals surface area contributed by atoms with Crippen LogP contribution in [0.5, 0.6) is 5.75 Å². The molecule has 0 bridgehead atoms. The molecule has 2 aromatic rings. The highest BCUT2D eigenvalue weighted by Gasteiger charge is 2.37. The molecule has 0 aliphatic heterocycles. The number of amides is 1. The highest BCUT2D eigenvalue weighted by atomic mass is 16.5. The van der Waals surface area contributed by atoms with E-state index in [-0.39, 0.29) is 11.4 Å². The Balaban J connectivity index is 1.90. The summed E-state index contributed by atoms with van der Waals surface area (Å²) < 4.78 is 5.24. The zero-order valence-electron chi connectivity index (χ0n) is 14.3. The van der Waals surface area contributed by atoms with Crippen molar-refractivity contribution >= 4 is 11.6 Å². The van der Waals surface area contributed by atoms with E-state index < -0.39 is 0 Å². The smallest absolute Gasteiger partial charge is 0.252 e. The highest BCUT2D eigenvalue weighted by Crippen LogP contribution is 2.39. The first-order chi connectivity index (χ1) is 11.5. The molecule has 1 saturated carbocycles. The Morgan fingerprint density at radius 3 is 2.42 bits per heavy atom. The molecule has 0 radical (unpaired) electrons. The number of nitrogens with two attached hydrogens (primary N) is 1. The molecular formula is C20H24N2O2. The summed E-state index contributed by atoms with van der Waals surface area (Å²) in [4.78, 5) is 12.9. The molecule has 1 amide bonds. The lowest BCUT2D eigenvalue weighted by Gasteiger charge is -2.31. The van der Waals surface area contributed by atoms with Gasteiger partial charge in [-0.15, -0.1) is 0 Å². The van der Waals surface area contributed by atoms with Gasteiger partial charge in [-0.2, -0.15) is 0 Å². The molecule has 24 heavy (non-hydrogen) atoms. The molecule has 0 spiro atoms. The van der Waals surface area contributed by atoms with E-state index in [0.29, 0.717) is 11.3 Å². The van der Waals surface area contributed by atoms with E-state index in [4.69, 9.17) is 10.5 Å². The monoisotopic (exact) mass is 324 g/mol. The van der Waals surface area contributed by atoms with E-state index in [0.717, 1.165) is 42.6 Å². The second-order valence-electron chi connectivity index (χ2n) is 6.55. The minimum absolute atomic E-state index is 0.0579. The maximum Gasteiger partial charge on any atom is 0.252 e. The molecule has 3 rings (SSSR count). The predicted molar refractivity (Wildman–Crippen MR) is 96.2 cm³/mol. The maximum atomic E-state index is 12.9. The molecule has 1 fully saturated rings. The number of ether oxygens (including phenoxy) is 1. The zero-order chi connectivity index (χ0) is 17.2. The van der Waals surface area contributed by atoms with E-state index in [1.54, 1.807) is 13.2 Å². The number of rotatable bonds is 4. The molecule has 0 atom stereocenters. The van der Waals surface area contributed by atoms with Gasteiger partial charge in [0, 0.05) is 11.3 Å². The molecule has 1 aliphatic rings.